The van der Waals surface area contributed by atoms with E-state index in [0.29, 0.717) is 0 Å². The van der Waals surface area contributed by atoms with Crippen LogP contribution in [0.1, 0.15) is 18.9 Å². The highest BCUT2D eigenvalue weighted by Crippen LogP contribution is 2.41. The van der Waals surface area contributed by atoms with Gasteiger partial charge in [0.2, 0.25) is 0 Å². The molecule has 0 N–H and O–H groups in total. The quantitative estimate of drug-likeness (QED) is 0.413. The predicted octanol–water partition coefficient (Wildman–Crippen LogP) is 6.22. The van der Waals surface area contributed by atoms with Crippen LogP contribution in [0.15, 0.2) is 73.1 Å². The van der Waals surface area contributed by atoms with Gasteiger partial charge in [-0.1, -0.05) is 54.6 Å². The lowest BCUT2D eigenvalue weighted by Crippen LogP contribution is -1.86. The molecule has 114 valence electrons. The zero-order chi connectivity index (χ0) is 14.5. The minimum atomic E-state index is 0. The Kier molecular flexibility index (Phi) is 3.39. The molecule has 0 atom stereocenters. The molecule has 2 heteroatoms. The predicted molar refractivity (Wildman–Crippen MR) is 100 cm³/mol. The highest BCUT2D eigenvalue weighted by Gasteiger charge is 2.24. The van der Waals surface area contributed by atoms with Crippen LogP contribution in [0.3, 0.4) is 0 Å². The zero-order valence-corrected chi connectivity index (χ0v) is 13.6. The largest absolute Gasteiger partial charge is 0.350 e. The first kappa shape index (κ1) is 14.3. The van der Waals surface area contributed by atoms with E-state index in [0.717, 1.165) is 6.04 Å². The Morgan fingerprint density at radius 3 is 2.26 bits per heavy atom. The maximum atomic E-state index is 2.41. The van der Waals surface area contributed by atoms with Gasteiger partial charge in [-0.25, -0.2) is 0 Å². The van der Waals surface area contributed by atoms with Gasteiger partial charge in [0.1, 0.15) is 0 Å². The van der Waals surface area contributed by atoms with E-state index in [1.807, 2.05) is 0 Å². The van der Waals surface area contributed by atoms with Crippen LogP contribution in [0.25, 0.3) is 32.7 Å². The van der Waals surface area contributed by atoms with Crippen LogP contribution in [0.5, 0.6) is 0 Å². The molecular formula is C21H18ClN. The monoisotopic (exact) mass is 319 g/mol. The third kappa shape index (κ3) is 2.32. The Hall–Kier alpha value is -2.25. The SMILES string of the molecule is Cl.c1ccc(-c2c3ccccc3cc3cn(C4CC4)cc23)cc1. The van der Waals surface area contributed by atoms with Gasteiger partial charge in [0, 0.05) is 29.2 Å². The van der Waals surface area contributed by atoms with Gasteiger partial charge in [-0.2, -0.15) is 0 Å². The first-order valence-electron chi connectivity index (χ1n) is 7.98. The number of fused-ring (bicyclic) bond motifs is 2. The summed E-state index contributed by atoms with van der Waals surface area (Å²) in [6.45, 7) is 0. The summed E-state index contributed by atoms with van der Waals surface area (Å²) < 4.78 is 2.41. The summed E-state index contributed by atoms with van der Waals surface area (Å²) in [5, 5.41) is 5.39. The zero-order valence-electron chi connectivity index (χ0n) is 12.8. The summed E-state index contributed by atoms with van der Waals surface area (Å²) in [5.74, 6) is 0. The fourth-order valence-corrected chi connectivity index (χ4v) is 3.48. The molecule has 0 bridgehead atoms. The van der Waals surface area contributed by atoms with Crippen molar-refractivity contribution in [3.8, 4) is 11.1 Å². The topological polar surface area (TPSA) is 4.93 Å². The lowest BCUT2D eigenvalue weighted by atomic mass is 9.94. The van der Waals surface area contributed by atoms with Gasteiger partial charge in [-0.15, -0.1) is 12.4 Å². The van der Waals surface area contributed by atoms with Gasteiger partial charge in [-0.3, -0.25) is 0 Å². The van der Waals surface area contributed by atoms with Crippen molar-refractivity contribution in [3.63, 3.8) is 0 Å². The Balaban J connectivity index is 0.00000135. The van der Waals surface area contributed by atoms with Crippen LogP contribution in [0.4, 0.5) is 0 Å². The van der Waals surface area contributed by atoms with Gasteiger partial charge < -0.3 is 4.57 Å². The Bertz CT molecular complexity index is 981. The number of rotatable bonds is 2. The van der Waals surface area contributed by atoms with Crippen molar-refractivity contribution in [2.24, 2.45) is 0 Å². The molecule has 4 aromatic rings. The second kappa shape index (κ2) is 5.43. The third-order valence-electron chi connectivity index (χ3n) is 4.72. The van der Waals surface area contributed by atoms with E-state index < -0.39 is 0 Å². The normalized spacial score (nSPS) is 14.1. The second-order valence-electron chi connectivity index (χ2n) is 6.28. The van der Waals surface area contributed by atoms with Crippen LogP contribution in [0.2, 0.25) is 0 Å². The lowest BCUT2D eigenvalue weighted by Gasteiger charge is -2.09. The molecule has 5 rings (SSSR count). The van der Waals surface area contributed by atoms with Crippen LogP contribution >= 0.6 is 12.4 Å². The van der Waals surface area contributed by atoms with Crippen LogP contribution in [-0.2, 0) is 0 Å². The Labute approximate surface area is 142 Å². The van der Waals surface area contributed by atoms with Crippen molar-refractivity contribution < 1.29 is 0 Å². The highest BCUT2D eigenvalue weighted by atomic mass is 35.5. The highest BCUT2D eigenvalue weighted by molar-refractivity contribution is 6.12. The summed E-state index contributed by atoms with van der Waals surface area (Å²) in [6.07, 6.45) is 7.32. The molecule has 0 spiro atoms. The Morgan fingerprint density at radius 2 is 1.48 bits per heavy atom. The fraction of sp³-hybridized carbons (Fsp3) is 0.143. The molecule has 23 heavy (non-hydrogen) atoms. The van der Waals surface area contributed by atoms with Crippen molar-refractivity contribution in [1.29, 1.82) is 0 Å². The van der Waals surface area contributed by atoms with Crippen molar-refractivity contribution in [1.82, 2.24) is 4.57 Å². The van der Waals surface area contributed by atoms with E-state index in [2.05, 4.69) is 77.6 Å². The molecule has 1 fully saturated rings. The molecule has 0 radical (unpaired) electrons. The fourth-order valence-electron chi connectivity index (χ4n) is 3.48. The molecule has 1 aliphatic rings. The minimum absolute atomic E-state index is 0. The molecular weight excluding hydrogens is 302 g/mol. The Morgan fingerprint density at radius 1 is 0.739 bits per heavy atom. The summed E-state index contributed by atoms with van der Waals surface area (Å²) in [7, 11) is 0. The summed E-state index contributed by atoms with van der Waals surface area (Å²) in [6, 6.07) is 22.5. The van der Waals surface area contributed by atoms with Crippen molar-refractivity contribution in [3.05, 3.63) is 73.1 Å². The molecule has 1 aliphatic carbocycles. The summed E-state index contributed by atoms with van der Waals surface area (Å²) in [4.78, 5) is 0. The van der Waals surface area contributed by atoms with Gasteiger partial charge in [-0.05, 0) is 40.8 Å². The maximum absolute atomic E-state index is 2.41. The smallest absolute Gasteiger partial charge is 0.0332 e. The average molecular weight is 320 g/mol. The molecule has 0 unspecified atom stereocenters. The molecule has 3 aromatic carbocycles. The second-order valence-corrected chi connectivity index (χ2v) is 6.28. The van der Waals surface area contributed by atoms with Crippen LogP contribution in [-0.4, -0.2) is 4.57 Å². The molecule has 1 heterocycles. The van der Waals surface area contributed by atoms with E-state index in [4.69, 9.17) is 0 Å². The summed E-state index contributed by atoms with van der Waals surface area (Å²) >= 11 is 0. The number of nitrogens with zero attached hydrogens (tertiary/aromatic N) is 1. The van der Waals surface area contributed by atoms with Gasteiger partial charge in [0.15, 0.2) is 0 Å². The third-order valence-corrected chi connectivity index (χ3v) is 4.72. The van der Waals surface area contributed by atoms with E-state index in [1.54, 1.807) is 0 Å². The molecule has 0 saturated heterocycles. The molecule has 1 nitrogen and oxygen atoms in total. The van der Waals surface area contributed by atoms with E-state index >= 15 is 0 Å². The average Bonchev–Trinajstić information content (AvgIpc) is 3.33. The standard InChI is InChI=1S/C21H17N.ClH/c1-2-6-15(7-3-1)21-19-9-5-4-8-16(19)12-17-13-22(14-20(17)21)18-10-11-18;/h1-9,12-14,18H,10-11H2;1H. The minimum Gasteiger partial charge on any atom is -0.350 e. The first-order chi connectivity index (χ1) is 10.9. The van der Waals surface area contributed by atoms with Gasteiger partial charge in [0.25, 0.3) is 0 Å². The number of halogens is 1. The van der Waals surface area contributed by atoms with Gasteiger partial charge >= 0.3 is 0 Å². The summed E-state index contributed by atoms with van der Waals surface area (Å²) in [5.41, 5.74) is 2.67. The maximum Gasteiger partial charge on any atom is 0.0332 e. The van der Waals surface area contributed by atoms with E-state index in [9.17, 15) is 0 Å². The lowest BCUT2D eigenvalue weighted by molar-refractivity contribution is 0.751. The number of hydrogen-bond donors (Lipinski definition) is 0. The number of aromatic nitrogens is 1. The molecule has 1 aromatic heterocycles. The number of hydrogen-bond acceptors (Lipinski definition) is 0. The van der Waals surface area contributed by atoms with E-state index in [-0.39, 0.29) is 12.4 Å². The molecule has 1 saturated carbocycles. The molecule has 0 aliphatic heterocycles. The van der Waals surface area contributed by atoms with Crippen molar-refractivity contribution in [2.45, 2.75) is 18.9 Å². The van der Waals surface area contributed by atoms with Crippen molar-refractivity contribution >= 4 is 34.0 Å². The van der Waals surface area contributed by atoms with Crippen molar-refractivity contribution in [2.75, 3.05) is 0 Å². The number of benzene rings is 3. The first-order valence-corrected chi connectivity index (χ1v) is 7.98. The van der Waals surface area contributed by atoms with E-state index in [1.165, 1.54) is 45.5 Å². The van der Waals surface area contributed by atoms with Gasteiger partial charge in [0.05, 0.1) is 0 Å². The van der Waals surface area contributed by atoms with Crippen LogP contribution < -0.4 is 0 Å². The molecule has 0 amide bonds. The van der Waals surface area contributed by atoms with Crippen LogP contribution in [0, 0.1) is 0 Å².